The molecule has 0 aromatic heterocycles. The zero-order valence-electron chi connectivity index (χ0n) is 16.9. The van der Waals surface area contributed by atoms with Gasteiger partial charge in [-0.15, -0.1) is 0 Å². The molecule has 12 nitrogen and oxygen atoms in total. The normalized spacial score (nSPS) is 9.38. The number of aliphatic hydroxyl groups is 2. The van der Waals surface area contributed by atoms with Gasteiger partial charge in [-0.1, -0.05) is 0 Å². The van der Waals surface area contributed by atoms with Gasteiger partial charge < -0.3 is 33.5 Å². The molecule has 0 spiro atoms. The van der Waals surface area contributed by atoms with Crippen molar-refractivity contribution in [1.82, 2.24) is 9.80 Å². The molecule has 0 aliphatic rings. The molecule has 0 heterocycles. The molecule has 144 valence electrons. The molecule has 0 aromatic rings. The molecule has 0 saturated heterocycles. The molecule has 0 saturated carbocycles. The molecule has 0 radical (unpaired) electrons. The molecule has 0 fully saturated rings. The standard InChI is InChI=1S/C10H16N2O8.C2H6O2.2K.2H/c13-7(14)3-11(4-8(15)16)1-2-12(5-9(17)18)6-10(19)20;3-1-2-4;;;;/h1-6H2,(H,13,14)(H,15,16)(H,17,18)(H,19,20);3-4H,1-2H2;;;;/q;;2*+1;2*-1. The minimum atomic E-state index is -1.23. The molecule has 26 heavy (non-hydrogen) atoms. The molecule has 0 atom stereocenters. The Morgan fingerprint density at radius 2 is 0.769 bits per heavy atom. The molecule has 0 aliphatic carbocycles. The fraction of sp³-hybridized carbons (Fsp3) is 0.667. The van der Waals surface area contributed by atoms with E-state index in [1.54, 1.807) is 0 Å². The molecule has 0 aliphatic heterocycles. The minimum absolute atomic E-state index is 0. The average Bonchev–Trinajstić information content (AvgIpc) is 2.42. The van der Waals surface area contributed by atoms with Crippen molar-refractivity contribution in [2.75, 3.05) is 52.5 Å². The van der Waals surface area contributed by atoms with Gasteiger partial charge in [0.2, 0.25) is 0 Å². The van der Waals surface area contributed by atoms with Crippen LogP contribution < -0.4 is 103 Å². The van der Waals surface area contributed by atoms with Crippen molar-refractivity contribution in [3.63, 3.8) is 0 Å². The maximum Gasteiger partial charge on any atom is 1.00 e. The van der Waals surface area contributed by atoms with Crippen LogP contribution in [0.1, 0.15) is 2.85 Å². The Morgan fingerprint density at radius 3 is 0.885 bits per heavy atom. The number of aliphatic hydroxyl groups excluding tert-OH is 2. The second kappa shape index (κ2) is 22.3. The smallest absolute Gasteiger partial charge is 1.00 e. The number of carboxylic acid groups (broad SMARTS) is 4. The zero-order chi connectivity index (χ0) is 19.1. The monoisotopic (exact) mass is 434 g/mol. The van der Waals surface area contributed by atoms with Gasteiger partial charge >= 0.3 is 127 Å². The van der Waals surface area contributed by atoms with Crippen LogP contribution in [-0.2, 0) is 19.2 Å². The Hall–Kier alpha value is 0.993. The summed E-state index contributed by atoms with van der Waals surface area (Å²) in [4.78, 5) is 44.4. The Balaban J connectivity index is -0.000000137. The van der Waals surface area contributed by atoms with Crippen molar-refractivity contribution in [3.8, 4) is 0 Å². The number of hydrogen-bond donors (Lipinski definition) is 6. The molecule has 14 heteroatoms. The van der Waals surface area contributed by atoms with Crippen molar-refractivity contribution in [1.29, 1.82) is 0 Å². The van der Waals surface area contributed by atoms with Crippen LogP contribution in [0.2, 0.25) is 0 Å². The summed E-state index contributed by atoms with van der Waals surface area (Å²) in [5.41, 5.74) is 0. The summed E-state index contributed by atoms with van der Waals surface area (Å²) in [5, 5.41) is 49.7. The number of nitrogens with zero attached hydrogens (tertiary/aromatic N) is 2. The predicted molar refractivity (Wildman–Crippen MR) is 79.8 cm³/mol. The summed E-state index contributed by atoms with van der Waals surface area (Å²) in [7, 11) is 0. The van der Waals surface area contributed by atoms with E-state index in [2.05, 4.69) is 0 Å². The summed E-state index contributed by atoms with van der Waals surface area (Å²) >= 11 is 0. The predicted octanol–water partition coefficient (Wildman–Crippen LogP) is -8.87. The molecule has 6 N–H and O–H groups in total. The van der Waals surface area contributed by atoms with Crippen LogP contribution >= 0.6 is 0 Å². The Morgan fingerprint density at radius 1 is 0.577 bits per heavy atom. The van der Waals surface area contributed by atoms with Crippen LogP contribution in [0.25, 0.3) is 0 Å². The van der Waals surface area contributed by atoms with Crippen LogP contribution in [0.5, 0.6) is 0 Å². The molecule has 0 bridgehead atoms. The number of aliphatic carboxylic acids is 4. The maximum absolute atomic E-state index is 10.6. The van der Waals surface area contributed by atoms with E-state index in [9.17, 15) is 19.2 Å². The molecular formula is C12H24K2N2O10. The first-order valence-electron chi connectivity index (χ1n) is 6.65. The maximum atomic E-state index is 10.6. The molecule has 0 unspecified atom stereocenters. The van der Waals surface area contributed by atoms with Crippen molar-refractivity contribution in [3.05, 3.63) is 0 Å². The number of carbonyl (C=O) groups is 4. The van der Waals surface area contributed by atoms with E-state index in [1.807, 2.05) is 0 Å². The molecular weight excluding hydrogens is 410 g/mol. The summed E-state index contributed by atoms with van der Waals surface area (Å²) in [6.07, 6.45) is 0. The molecule has 0 amide bonds. The first-order valence-corrected chi connectivity index (χ1v) is 6.65. The van der Waals surface area contributed by atoms with Crippen LogP contribution in [0.15, 0.2) is 0 Å². The summed E-state index contributed by atoms with van der Waals surface area (Å²) in [6.45, 7) is -2.50. The third-order valence-corrected chi connectivity index (χ3v) is 2.27. The molecule has 0 rings (SSSR count). The van der Waals surface area contributed by atoms with Gasteiger partial charge in [-0.3, -0.25) is 29.0 Å². The van der Waals surface area contributed by atoms with Crippen molar-refractivity contribution in [2.24, 2.45) is 0 Å². The fourth-order valence-corrected chi connectivity index (χ4v) is 1.48. The number of rotatable bonds is 12. The Kier molecular flexibility index (Phi) is 29.6. The van der Waals surface area contributed by atoms with Crippen LogP contribution in [0, 0.1) is 0 Å². The van der Waals surface area contributed by atoms with Gasteiger partial charge in [-0.25, -0.2) is 0 Å². The van der Waals surface area contributed by atoms with E-state index in [1.165, 1.54) is 0 Å². The van der Waals surface area contributed by atoms with Crippen LogP contribution in [0.3, 0.4) is 0 Å². The van der Waals surface area contributed by atoms with Gasteiger partial charge in [0.05, 0.1) is 39.4 Å². The van der Waals surface area contributed by atoms with Crippen molar-refractivity contribution >= 4 is 23.9 Å². The third-order valence-electron chi connectivity index (χ3n) is 2.27. The fourth-order valence-electron chi connectivity index (χ4n) is 1.48. The van der Waals surface area contributed by atoms with Crippen molar-refractivity contribution in [2.45, 2.75) is 0 Å². The van der Waals surface area contributed by atoms with Gasteiger partial charge in [-0.05, 0) is 0 Å². The van der Waals surface area contributed by atoms with Gasteiger partial charge in [0.1, 0.15) is 0 Å². The largest absolute Gasteiger partial charge is 1.00 e. The topological polar surface area (TPSA) is 196 Å². The SMILES string of the molecule is O=C(O)CN(CCN(CC(=O)O)CC(=O)O)CC(=O)O.OCCO.[H-].[H-].[K+].[K+]. The number of carboxylic acids is 4. The first-order chi connectivity index (χ1) is 11.1. The van der Waals surface area contributed by atoms with Gasteiger partial charge in [-0.2, -0.15) is 0 Å². The third kappa shape index (κ3) is 27.2. The number of hydrogen-bond acceptors (Lipinski definition) is 8. The summed E-state index contributed by atoms with van der Waals surface area (Å²) in [5.74, 6) is -4.91. The summed E-state index contributed by atoms with van der Waals surface area (Å²) < 4.78 is 0. The average molecular weight is 435 g/mol. The minimum Gasteiger partial charge on any atom is -1.00 e. The quantitative estimate of drug-likeness (QED) is 0.159. The van der Waals surface area contributed by atoms with Gasteiger partial charge in [0.25, 0.3) is 0 Å². The van der Waals surface area contributed by atoms with E-state index < -0.39 is 50.1 Å². The van der Waals surface area contributed by atoms with Gasteiger partial charge in [0.15, 0.2) is 0 Å². The van der Waals surface area contributed by atoms with E-state index in [-0.39, 0.29) is 132 Å². The van der Waals surface area contributed by atoms with E-state index >= 15 is 0 Å². The van der Waals surface area contributed by atoms with Crippen LogP contribution in [0.4, 0.5) is 0 Å². The van der Waals surface area contributed by atoms with E-state index in [0.717, 1.165) is 9.80 Å². The van der Waals surface area contributed by atoms with Crippen molar-refractivity contribution < 1.29 is 155 Å². The van der Waals surface area contributed by atoms with Gasteiger partial charge in [0, 0.05) is 13.1 Å². The first kappa shape index (κ1) is 34.5. The van der Waals surface area contributed by atoms with E-state index in [4.69, 9.17) is 30.6 Å². The second-order valence-electron chi connectivity index (χ2n) is 4.44. The zero-order valence-corrected chi connectivity index (χ0v) is 21.1. The van der Waals surface area contributed by atoms with Crippen LogP contribution in [-0.4, -0.2) is 117 Å². The summed E-state index contributed by atoms with van der Waals surface area (Å²) in [6, 6.07) is 0. The molecule has 0 aromatic carbocycles. The second-order valence-corrected chi connectivity index (χ2v) is 4.44. The Bertz CT molecular complexity index is 365. The Labute approximate surface area is 238 Å². The van der Waals surface area contributed by atoms with E-state index in [0.29, 0.717) is 0 Å².